The highest BCUT2D eigenvalue weighted by Crippen LogP contribution is 2.28. The average molecular weight is 179 g/mol. The maximum atomic E-state index is 7.80. The van der Waals surface area contributed by atoms with Crippen LogP contribution in [0.15, 0.2) is 23.3 Å². The zero-order valence-corrected chi connectivity index (χ0v) is 9.71. The van der Waals surface area contributed by atoms with Gasteiger partial charge in [0.25, 0.3) is 0 Å². The first-order valence-corrected chi connectivity index (χ1v) is 4.60. The highest BCUT2D eigenvalue weighted by Gasteiger charge is 2.16. The van der Waals surface area contributed by atoms with Crippen LogP contribution in [-0.2, 0) is 0 Å². The lowest BCUT2D eigenvalue weighted by molar-refractivity contribution is 0.501. The summed E-state index contributed by atoms with van der Waals surface area (Å²) in [5.41, 5.74) is 3.88. The Morgan fingerprint density at radius 3 is 1.69 bits per heavy atom. The van der Waals surface area contributed by atoms with Gasteiger partial charge in [-0.2, -0.15) is 0 Å². The van der Waals surface area contributed by atoms with Crippen molar-refractivity contribution in [1.29, 1.82) is 5.41 Å². The Bertz CT molecular complexity index is 261. The number of hydrogen-bond donors (Lipinski definition) is 1. The molecule has 74 valence electrons. The van der Waals surface area contributed by atoms with E-state index in [0.717, 1.165) is 11.1 Å². The Kier molecular flexibility index (Phi) is 3.65. The summed E-state index contributed by atoms with van der Waals surface area (Å²) in [6.45, 7) is 16.2. The molecule has 0 amide bonds. The molecule has 1 N–H and O–H groups in total. The zero-order chi connectivity index (χ0) is 10.8. The van der Waals surface area contributed by atoms with Crippen LogP contribution in [0.1, 0.15) is 41.5 Å². The van der Waals surface area contributed by atoms with Gasteiger partial charge in [-0.25, -0.2) is 0 Å². The van der Waals surface area contributed by atoms with Crippen molar-refractivity contribution in [2.45, 2.75) is 41.5 Å². The van der Waals surface area contributed by atoms with Crippen LogP contribution < -0.4 is 0 Å². The van der Waals surface area contributed by atoms with Crippen molar-refractivity contribution in [3.8, 4) is 0 Å². The normalized spacial score (nSPS) is 13.7. The minimum Gasteiger partial charge on any atom is -0.300 e. The number of rotatable bonds is 2. The number of allylic oxidation sites excluding steroid dienone is 3. The van der Waals surface area contributed by atoms with Gasteiger partial charge in [0, 0.05) is 0 Å². The molecule has 13 heavy (non-hydrogen) atoms. The van der Waals surface area contributed by atoms with E-state index in [-0.39, 0.29) is 5.41 Å². The zero-order valence-electron chi connectivity index (χ0n) is 9.71. The summed E-state index contributed by atoms with van der Waals surface area (Å²) in [7, 11) is 0. The van der Waals surface area contributed by atoms with Crippen molar-refractivity contribution >= 4 is 5.71 Å². The van der Waals surface area contributed by atoms with Crippen molar-refractivity contribution in [2.24, 2.45) is 5.41 Å². The first kappa shape index (κ1) is 12.2. The van der Waals surface area contributed by atoms with Crippen molar-refractivity contribution in [2.75, 3.05) is 0 Å². The van der Waals surface area contributed by atoms with Gasteiger partial charge in [0.15, 0.2) is 0 Å². The van der Waals surface area contributed by atoms with E-state index in [0.29, 0.717) is 5.71 Å². The molecule has 0 aliphatic heterocycles. The van der Waals surface area contributed by atoms with Crippen molar-refractivity contribution in [3.05, 3.63) is 23.3 Å². The standard InChI is InChI=1S/C12H21N/c1-8(2)11(13)9(3)10(4)12(5,6)7/h13H,1H2,2-7H3/b10-9+,13-11?. The van der Waals surface area contributed by atoms with Crippen molar-refractivity contribution in [1.82, 2.24) is 0 Å². The molecule has 1 nitrogen and oxygen atoms in total. The Hall–Kier alpha value is -0.850. The van der Waals surface area contributed by atoms with Gasteiger partial charge in [0.2, 0.25) is 0 Å². The highest BCUT2D eigenvalue weighted by molar-refractivity contribution is 6.09. The van der Waals surface area contributed by atoms with Crippen LogP contribution in [0.2, 0.25) is 0 Å². The third-order valence-corrected chi connectivity index (χ3v) is 2.49. The summed E-state index contributed by atoms with van der Waals surface area (Å²) in [5.74, 6) is 0. The monoisotopic (exact) mass is 179 g/mol. The van der Waals surface area contributed by atoms with E-state index < -0.39 is 0 Å². The molecular formula is C12H21N. The van der Waals surface area contributed by atoms with Gasteiger partial charge >= 0.3 is 0 Å². The van der Waals surface area contributed by atoms with Gasteiger partial charge in [-0.15, -0.1) is 0 Å². The minimum absolute atomic E-state index is 0.145. The van der Waals surface area contributed by atoms with E-state index in [1.807, 2.05) is 13.8 Å². The van der Waals surface area contributed by atoms with Gasteiger partial charge in [0.1, 0.15) is 0 Å². The Labute approximate surface area is 82.1 Å². The molecule has 0 aliphatic rings. The predicted molar refractivity (Wildman–Crippen MR) is 60.4 cm³/mol. The summed E-state index contributed by atoms with van der Waals surface area (Å²) < 4.78 is 0. The van der Waals surface area contributed by atoms with Crippen LogP contribution in [-0.4, -0.2) is 5.71 Å². The molecule has 0 aromatic carbocycles. The molecule has 0 saturated carbocycles. The summed E-state index contributed by atoms with van der Waals surface area (Å²) >= 11 is 0. The average Bonchev–Trinajstić information content (AvgIpc) is 1.98. The van der Waals surface area contributed by atoms with Crippen molar-refractivity contribution in [3.63, 3.8) is 0 Å². The fraction of sp³-hybridized carbons (Fsp3) is 0.583. The SMILES string of the molecule is C=C(C)C(=N)/C(C)=C(\C)C(C)(C)C. The van der Waals surface area contributed by atoms with E-state index in [1.165, 1.54) is 5.57 Å². The first-order valence-electron chi connectivity index (χ1n) is 4.60. The quantitative estimate of drug-likeness (QED) is 0.620. The molecule has 0 radical (unpaired) electrons. The summed E-state index contributed by atoms with van der Waals surface area (Å²) in [6, 6.07) is 0. The number of hydrogen-bond acceptors (Lipinski definition) is 1. The largest absolute Gasteiger partial charge is 0.300 e. The maximum absolute atomic E-state index is 7.80. The van der Waals surface area contributed by atoms with Gasteiger partial charge in [0.05, 0.1) is 5.71 Å². The Morgan fingerprint density at radius 2 is 1.46 bits per heavy atom. The van der Waals surface area contributed by atoms with Crippen LogP contribution in [0, 0.1) is 10.8 Å². The van der Waals surface area contributed by atoms with Gasteiger partial charge in [-0.1, -0.05) is 32.9 Å². The van der Waals surface area contributed by atoms with Gasteiger partial charge in [-0.05, 0) is 37.3 Å². The molecule has 0 bridgehead atoms. The Balaban J connectivity index is 5.05. The molecule has 0 unspecified atom stereocenters. The third-order valence-electron chi connectivity index (χ3n) is 2.49. The van der Waals surface area contributed by atoms with Crippen LogP contribution in [0.5, 0.6) is 0 Å². The summed E-state index contributed by atoms with van der Waals surface area (Å²) in [5, 5.41) is 7.80. The fourth-order valence-corrected chi connectivity index (χ4v) is 1.07. The second-order valence-corrected chi connectivity index (χ2v) is 4.66. The molecule has 0 rings (SSSR count). The maximum Gasteiger partial charge on any atom is 0.0591 e. The predicted octanol–water partition coefficient (Wildman–Crippen LogP) is 3.96. The second-order valence-electron chi connectivity index (χ2n) is 4.66. The molecule has 0 aromatic rings. The van der Waals surface area contributed by atoms with Crippen LogP contribution in [0.3, 0.4) is 0 Å². The van der Waals surface area contributed by atoms with Gasteiger partial charge in [-0.3, -0.25) is 0 Å². The van der Waals surface area contributed by atoms with Crippen LogP contribution in [0.25, 0.3) is 0 Å². The van der Waals surface area contributed by atoms with E-state index in [9.17, 15) is 0 Å². The first-order chi connectivity index (χ1) is 5.68. The smallest absolute Gasteiger partial charge is 0.0591 e. The molecule has 0 aromatic heterocycles. The molecule has 0 heterocycles. The highest BCUT2D eigenvalue weighted by atomic mass is 14.4. The molecular weight excluding hydrogens is 158 g/mol. The van der Waals surface area contributed by atoms with E-state index in [4.69, 9.17) is 5.41 Å². The summed E-state index contributed by atoms with van der Waals surface area (Å²) in [6.07, 6.45) is 0. The number of nitrogens with one attached hydrogen (secondary N) is 1. The van der Waals surface area contributed by atoms with E-state index >= 15 is 0 Å². The summed E-state index contributed by atoms with van der Waals surface area (Å²) in [4.78, 5) is 0. The fourth-order valence-electron chi connectivity index (χ4n) is 1.07. The molecule has 0 fully saturated rings. The van der Waals surface area contributed by atoms with Gasteiger partial charge < -0.3 is 5.41 Å². The lowest BCUT2D eigenvalue weighted by Gasteiger charge is -2.22. The Morgan fingerprint density at radius 1 is 1.08 bits per heavy atom. The van der Waals surface area contributed by atoms with Crippen molar-refractivity contribution < 1.29 is 0 Å². The topological polar surface area (TPSA) is 23.9 Å². The molecule has 0 saturated heterocycles. The molecule has 0 aliphatic carbocycles. The second kappa shape index (κ2) is 3.91. The molecule has 1 heteroatoms. The van der Waals surface area contributed by atoms with Crippen LogP contribution >= 0.6 is 0 Å². The molecule has 0 atom stereocenters. The van der Waals surface area contributed by atoms with Crippen LogP contribution in [0.4, 0.5) is 0 Å². The third kappa shape index (κ3) is 3.17. The van der Waals surface area contributed by atoms with E-state index in [1.54, 1.807) is 0 Å². The molecule has 0 spiro atoms. The lowest BCUT2D eigenvalue weighted by atomic mass is 9.83. The minimum atomic E-state index is 0.145. The lowest BCUT2D eigenvalue weighted by Crippen LogP contribution is -2.12. The van der Waals surface area contributed by atoms with E-state index in [2.05, 4.69) is 34.3 Å².